The van der Waals surface area contributed by atoms with Crippen LogP contribution in [0.1, 0.15) is 5.69 Å². The fourth-order valence-electron chi connectivity index (χ4n) is 1.72. The highest BCUT2D eigenvalue weighted by Gasteiger charge is 2.35. The number of carboxylic acids is 1. The van der Waals surface area contributed by atoms with E-state index < -0.39 is 11.9 Å². The Labute approximate surface area is 98.0 Å². The van der Waals surface area contributed by atoms with Gasteiger partial charge in [0.25, 0.3) is 0 Å². The van der Waals surface area contributed by atoms with E-state index in [1.54, 1.807) is 24.9 Å². The predicted octanol–water partition coefficient (Wildman–Crippen LogP) is 0.277. The number of anilines is 1. The number of rotatable bonds is 2. The maximum Gasteiger partial charge on any atom is 0.321 e. The highest BCUT2D eigenvalue weighted by atomic mass is 16.4. The lowest BCUT2D eigenvalue weighted by molar-refractivity contribution is -0.145. The number of aliphatic carboxylic acids is 1. The third-order valence-corrected chi connectivity index (χ3v) is 2.77. The number of aryl methyl sites for hydroxylation is 2. The number of hydrogen-bond donors (Lipinski definition) is 2. The third kappa shape index (κ3) is 2.22. The van der Waals surface area contributed by atoms with Crippen LogP contribution in [0.4, 0.5) is 10.5 Å². The Balaban J connectivity index is 1.91. The Morgan fingerprint density at radius 3 is 2.65 bits per heavy atom. The van der Waals surface area contributed by atoms with Crippen LogP contribution in [-0.2, 0) is 11.8 Å². The molecule has 1 fully saturated rings. The molecule has 2 rings (SSSR count). The number of amides is 2. The number of hydrogen-bond acceptors (Lipinski definition) is 3. The zero-order valence-corrected chi connectivity index (χ0v) is 9.67. The molecule has 0 bridgehead atoms. The van der Waals surface area contributed by atoms with Gasteiger partial charge in [0.2, 0.25) is 0 Å². The summed E-state index contributed by atoms with van der Waals surface area (Å²) in [4.78, 5) is 23.8. The van der Waals surface area contributed by atoms with Crippen molar-refractivity contribution in [1.29, 1.82) is 0 Å². The zero-order chi connectivity index (χ0) is 12.6. The van der Waals surface area contributed by atoms with Crippen molar-refractivity contribution >= 4 is 17.7 Å². The average Bonchev–Trinajstić information content (AvgIpc) is 2.41. The molecule has 17 heavy (non-hydrogen) atoms. The molecule has 0 aliphatic carbocycles. The van der Waals surface area contributed by atoms with Gasteiger partial charge in [0.15, 0.2) is 0 Å². The number of nitrogens with zero attached hydrogens (tertiary/aromatic N) is 3. The second-order valence-corrected chi connectivity index (χ2v) is 4.17. The predicted molar refractivity (Wildman–Crippen MR) is 59.7 cm³/mol. The quantitative estimate of drug-likeness (QED) is 0.774. The monoisotopic (exact) mass is 238 g/mol. The van der Waals surface area contributed by atoms with Gasteiger partial charge in [-0.15, -0.1) is 0 Å². The van der Waals surface area contributed by atoms with Gasteiger partial charge in [0.1, 0.15) is 0 Å². The SMILES string of the molecule is Cc1nn(C)cc1NC(=O)N1CC(C(=O)O)C1. The molecule has 0 saturated carbocycles. The van der Waals surface area contributed by atoms with Crippen molar-refractivity contribution in [2.45, 2.75) is 6.92 Å². The fraction of sp³-hybridized carbons (Fsp3) is 0.500. The van der Waals surface area contributed by atoms with Crippen LogP contribution >= 0.6 is 0 Å². The minimum Gasteiger partial charge on any atom is -0.481 e. The first-order chi connectivity index (χ1) is 7.97. The molecule has 0 radical (unpaired) electrons. The Hall–Kier alpha value is -2.05. The molecule has 7 heteroatoms. The molecule has 0 aromatic carbocycles. The number of carbonyl (C=O) groups excluding carboxylic acids is 1. The summed E-state index contributed by atoms with van der Waals surface area (Å²) in [7, 11) is 1.77. The molecule has 1 aromatic rings. The van der Waals surface area contributed by atoms with E-state index in [-0.39, 0.29) is 19.1 Å². The number of aromatic nitrogens is 2. The molecular formula is C10H14N4O3. The van der Waals surface area contributed by atoms with Crippen molar-refractivity contribution in [1.82, 2.24) is 14.7 Å². The van der Waals surface area contributed by atoms with Crippen molar-refractivity contribution in [2.75, 3.05) is 18.4 Å². The molecule has 2 N–H and O–H groups in total. The third-order valence-electron chi connectivity index (χ3n) is 2.77. The van der Waals surface area contributed by atoms with Gasteiger partial charge in [-0.1, -0.05) is 0 Å². The van der Waals surface area contributed by atoms with Crippen LogP contribution in [-0.4, -0.2) is 44.9 Å². The summed E-state index contributed by atoms with van der Waals surface area (Å²) in [5.74, 6) is -1.29. The Morgan fingerprint density at radius 1 is 1.53 bits per heavy atom. The highest BCUT2D eigenvalue weighted by Crippen LogP contribution is 2.18. The Kier molecular flexibility index (Phi) is 2.74. The summed E-state index contributed by atoms with van der Waals surface area (Å²) in [6.07, 6.45) is 1.71. The number of likely N-dealkylation sites (tertiary alicyclic amines) is 1. The van der Waals surface area contributed by atoms with Crippen molar-refractivity contribution in [3.8, 4) is 0 Å². The first-order valence-electron chi connectivity index (χ1n) is 5.26. The molecule has 2 amide bonds. The van der Waals surface area contributed by atoms with E-state index in [0.717, 1.165) is 5.69 Å². The van der Waals surface area contributed by atoms with E-state index in [4.69, 9.17) is 5.11 Å². The van der Waals surface area contributed by atoms with Crippen LogP contribution in [0.2, 0.25) is 0 Å². The first-order valence-corrected chi connectivity index (χ1v) is 5.26. The summed E-state index contributed by atoms with van der Waals surface area (Å²) in [5.41, 5.74) is 1.38. The lowest BCUT2D eigenvalue weighted by Crippen LogP contribution is -2.54. The van der Waals surface area contributed by atoms with Gasteiger partial charge in [-0.3, -0.25) is 9.48 Å². The van der Waals surface area contributed by atoms with Gasteiger partial charge in [-0.2, -0.15) is 5.10 Å². The van der Waals surface area contributed by atoms with E-state index >= 15 is 0 Å². The van der Waals surface area contributed by atoms with Gasteiger partial charge < -0.3 is 15.3 Å². The first kappa shape index (κ1) is 11.4. The summed E-state index contributed by atoms with van der Waals surface area (Å²) in [6.45, 7) is 2.33. The fourth-order valence-corrected chi connectivity index (χ4v) is 1.72. The van der Waals surface area contributed by atoms with E-state index in [9.17, 15) is 9.59 Å². The Bertz CT molecular complexity index is 462. The average molecular weight is 238 g/mol. The standard InChI is InChI=1S/C10H14N4O3/c1-6-8(5-13(2)12-6)11-10(17)14-3-7(4-14)9(15)16/h5,7H,3-4H2,1-2H3,(H,11,17)(H,15,16). The van der Waals surface area contributed by atoms with Crippen molar-refractivity contribution < 1.29 is 14.7 Å². The van der Waals surface area contributed by atoms with Crippen LogP contribution < -0.4 is 5.32 Å². The van der Waals surface area contributed by atoms with Gasteiger partial charge >= 0.3 is 12.0 Å². The summed E-state index contributed by atoms with van der Waals surface area (Å²) in [6, 6.07) is -0.279. The molecule has 1 aliphatic heterocycles. The molecular weight excluding hydrogens is 224 g/mol. The van der Waals surface area contributed by atoms with Crippen LogP contribution in [0.5, 0.6) is 0 Å². The largest absolute Gasteiger partial charge is 0.481 e. The molecule has 7 nitrogen and oxygen atoms in total. The van der Waals surface area contributed by atoms with Gasteiger partial charge in [-0.05, 0) is 6.92 Å². The number of carboxylic acid groups (broad SMARTS) is 1. The van der Waals surface area contributed by atoms with Gasteiger partial charge in [0, 0.05) is 26.3 Å². The lowest BCUT2D eigenvalue weighted by Gasteiger charge is -2.36. The molecule has 2 heterocycles. The zero-order valence-electron chi connectivity index (χ0n) is 9.67. The molecule has 1 aromatic heterocycles. The minimum absolute atomic E-state index is 0.264. The minimum atomic E-state index is -0.855. The number of nitrogens with one attached hydrogen (secondary N) is 1. The van der Waals surface area contributed by atoms with Crippen LogP contribution in [0.25, 0.3) is 0 Å². The van der Waals surface area contributed by atoms with Crippen molar-refractivity contribution in [3.05, 3.63) is 11.9 Å². The second-order valence-electron chi connectivity index (χ2n) is 4.17. The maximum atomic E-state index is 11.7. The highest BCUT2D eigenvalue weighted by molar-refractivity contribution is 5.91. The lowest BCUT2D eigenvalue weighted by atomic mass is 10.0. The van der Waals surface area contributed by atoms with Gasteiger partial charge in [0.05, 0.1) is 17.3 Å². The molecule has 0 atom stereocenters. The summed E-state index contributed by atoms with van der Waals surface area (Å²) in [5, 5.41) is 15.5. The van der Waals surface area contributed by atoms with E-state index in [0.29, 0.717) is 5.69 Å². The molecule has 0 spiro atoms. The number of urea groups is 1. The van der Waals surface area contributed by atoms with E-state index in [1.807, 2.05) is 0 Å². The van der Waals surface area contributed by atoms with Crippen LogP contribution in [0, 0.1) is 12.8 Å². The second kappa shape index (κ2) is 4.08. The molecule has 1 aliphatic rings. The smallest absolute Gasteiger partial charge is 0.321 e. The van der Waals surface area contributed by atoms with Gasteiger partial charge in [-0.25, -0.2) is 4.79 Å². The van der Waals surface area contributed by atoms with E-state index in [2.05, 4.69) is 10.4 Å². The normalized spacial score (nSPS) is 15.5. The van der Waals surface area contributed by atoms with Crippen LogP contribution in [0.15, 0.2) is 6.20 Å². The van der Waals surface area contributed by atoms with Crippen molar-refractivity contribution in [2.24, 2.45) is 13.0 Å². The van der Waals surface area contributed by atoms with E-state index in [1.165, 1.54) is 4.90 Å². The van der Waals surface area contributed by atoms with Crippen molar-refractivity contribution in [3.63, 3.8) is 0 Å². The molecule has 0 unspecified atom stereocenters. The van der Waals surface area contributed by atoms with Crippen LogP contribution in [0.3, 0.4) is 0 Å². The number of carbonyl (C=O) groups is 2. The summed E-state index contributed by atoms with van der Waals surface area (Å²) >= 11 is 0. The summed E-state index contributed by atoms with van der Waals surface area (Å²) < 4.78 is 1.61. The molecule has 92 valence electrons. The molecule has 1 saturated heterocycles. The Morgan fingerprint density at radius 2 is 2.18 bits per heavy atom. The maximum absolute atomic E-state index is 11.7. The topological polar surface area (TPSA) is 87.5 Å².